The molecular formula is C15H11FN2O3. The van der Waals surface area contributed by atoms with E-state index in [-0.39, 0.29) is 11.3 Å². The fourth-order valence-corrected chi connectivity index (χ4v) is 2.56. The molecule has 0 fully saturated rings. The van der Waals surface area contributed by atoms with Crippen LogP contribution in [-0.2, 0) is 6.42 Å². The molecule has 3 rings (SSSR count). The summed E-state index contributed by atoms with van der Waals surface area (Å²) in [6, 6.07) is 10.1. The second-order valence-electron chi connectivity index (χ2n) is 4.76. The first-order chi connectivity index (χ1) is 10.1. The number of nitro groups is 1. The summed E-state index contributed by atoms with van der Waals surface area (Å²) < 4.78 is 13.2. The predicted molar refractivity (Wildman–Crippen MR) is 74.9 cm³/mol. The van der Waals surface area contributed by atoms with E-state index >= 15 is 0 Å². The smallest absolute Gasteiger partial charge is 0.293 e. The molecule has 21 heavy (non-hydrogen) atoms. The third-order valence-corrected chi connectivity index (χ3v) is 3.49. The highest BCUT2D eigenvalue weighted by atomic mass is 19.1. The summed E-state index contributed by atoms with van der Waals surface area (Å²) in [4.78, 5) is 24.4. The van der Waals surface area contributed by atoms with Gasteiger partial charge in [-0.3, -0.25) is 14.9 Å². The highest BCUT2D eigenvalue weighted by Crippen LogP contribution is 2.37. The molecule has 1 amide bonds. The number of nitrogens with zero attached hydrogens (tertiary/aromatic N) is 2. The van der Waals surface area contributed by atoms with Crippen LogP contribution in [0.25, 0.3) is 0 Å². The predicted octanol–water partition coefficient (Wildman–Crippen LogP) is 2.94. The number of hydrogen-bond acceptors (Lipinski definition) is 3. The average Bonchev–Trinajstić information content (AvgIpc) is 2.90. The van der Waals surface area contributed by atoms with Crippen LogP contribution in [0, 0.1) is 15.9 Å². The molecule has 1 aliphatic rings. The molecular weight excluding hydrogens is 275 g/mol. The molecule has 1 aliphatic heterocycles. The van der Waals surface area contributed by atoms with Crippen LogP contribution in [0.5, 0.6) is 0 Å². The molecule has 0 unspecified atom stereocenters. The second-order valence-corrected chi connectivity index (χ2v) is 4.76. The average molecular weight is 286 g/mol. The number of fused-ring (bicyclic) bond motifs is 1. The van der Waals surface area contributed by atoms with Crippen molar-refractivity contribution in [3.63, 3.8) is 0 Å². The standard InChI is InChI=1S/C15H11FN2O3/c16-12-5-1-4-11(9-12)15(19)17-8-7-10-3-2-6-13(14(10)17)18(20)21/h1-6,9H,7-8H2. The van der Waals surface area contributed by atoms with Crippen LogP contribution in [0.3, 0.4) is 0 Å². The molecule has 0 saturated carbocycles. The molecule has 2 aromatic carbocycles. The van der Waals surface area contributed by atoms with Gasteiger partial charge in [-0.25, -0.2) is 4.39 Å². The number of nitro benzene ring substituents is 1. The Hall–Kier alpha value is -2.76. The Morgan fingerprint density at radius 2 is 2.00 bits per heavy atom. The van der Waals surface area contributed by atoms with Crippen molar-refractivity contribution in [1.82, 2.24) is 0 Å². The number of halogens is 1. The van der Waals surface area contributed by atoms with E-state index in [1.165, 1.54) is 29.2 Å². The van der Waals surface area contributed by atoms with Crippen LogP contribution in [0.15, 0.2) is 42.5 Å². The van der Waals surface area contributed by atoms with E-state index in [1.807, 2.05) is 0 Å². The van der Waals surface area contributed by atoms with Gasteiger partial charge in [0.15, 0.2) is 0 Å². The van der Waals surface area contributed by atoms with E-state index in [2.05, 4.69) is 0 Å². The zero-order valence-electron chi connectivity index (χ0n) is 11.0. The van der Waals surface area contributed by atoms with Gasteiger partial charge in [-0.15, -0.1) is 0 Å². The monoisotopic (exact) mass is 286 g/mol. The lowest BCUT2D eigenvalue weighted by Gasteiger charge is -2.17. The van der Waals surface area contributed by atoms with Crippen molar-refractivity contribution >= 4 is 17.3 Å². The molecule has 0 aromatic heterocycles. The summed E-state index contributed by atoms with van der Waals surface area (Å²) in [5.41, 5.74) is 1.15. The number of amides is 1. The van der Waals surface area contributed by atoms with Crippen LogP contribution in [0.2, 0.25) is 0 Å². The molecule has 0 radical (unpaired) electrons. The van der Waals surface area contributed by atoms with Gasteiger partial charge >= 0.3 is 0 Å². The lowest BCUT2D eigenvalue weighted by molar-refractivity contribution is -0.384. The highest BCUT2D eigenvalue weighted by molar-refractivity contribution is 6.08. The van der Waals surface area contributed by atoms with Gasteiger partial charge in [-0.2, -0.15) is 0 Å². The fraction of sp³-hybridized carbons (Fsp3) is 0.133. The molecule has 0 spiro atoms. The van der Waals surface area contributed by atoms with Crippen molar-refractivity contribution in [3.8, 4) is 0 Å². The minimum atomic E-state index is -0.511. The van der Waals surface area contributed by atoms with Crippen LogP contribution in [0.1, 0.15) is 15.9 Å². The van der Waals surface area contributed by atoms with E-state index in [9.17, 15) is 19.3 Å². The highest BCUT2D eigenvalue weighted by Gasteiger charge is 2.32. The molecule has 1 heterocycles. The maximum Gasteiger partial charge on any atom is 0.293 e. The number of carbonyl (C=O) groups is 1. The summed E-state index contributed by atoms with van der Waals surface area (Å²) in [6.45, 7) is 0.357. The van der Waals surface area contributed by atoms with E-state index in [0.29, 0.717) is 18.7 Å². The van der Waals surface area contributed by atoms with E-state index in [1.54, 1.807) is 12.1 Å². The van der Waals surface area contributed by atoms with Crippen LogP contribution in [-0.4, -0.2) is 17.4 Å². The van der Waals surface area contributed by atoms with Gasteiger partial charge in [-0.1, -0.05) is 18.2 Å². The zero-order chi connectivity index (χ0) is 15.0. The first kappa shape index (κ1) is 13.2. The lowest BCUT2D eigenvalue weighted by atomic mass is 10.1. The zero-order valence-corrected chi connectivity index (χ0v) is 11.0. The molecule has 6 heteroatoms. The van der Waals surface area contributed by atoms with E-state index in [4.69, 9.17) is 0 Å². The summed E-state index contributed by atoms with van der Waals surface area (Å²) in [7, 11) is 0. The van der Waals surface area contributed by atoms with Gasteiger partial charge in [-0.05, 0) is 30.2 Å². The fourth-order valence-electron chi connectivity index (χ4n) is 2.56. The van der Waals surface area contributed by atoms with Gasteiger partial charge in [0.25, 0.3) is 11.6 Å². The summed E-state index contributed by atoms with van der Waals surface area (Å²) >= 11 is 0. The van der Waals surface area contributed by atoms with Crippen molar-refractivity contribution in [3.05, 3.63) is 69.5 Å². The van der Waals surface area contributed by atoms with Crippen molar-refractivity contribution in [2.75, 3.05) is 11.4 Å². The first-order valence-electron chi connectivity index (χ1n) is 6.41. The number of anilines is 1. The van der Waals surface area contributed by atoms with Crippen molar-refractivity contribution in [2.45, 2.75) is 6.42 Å². The van der Waals surface area contributed by atoms with Crippen molar-refractivity contribution in [1.29, 1.82) is 0 Å². The maximum atomic E-state index is 13.2. The number of rotatable bonds is 2. The molecule has 0 saturated heterocycles. The SMILES string of the molecule is O=C(c1cccc(F)c1)N1CCc2cccc([N+](=O)[O-])c21. The second kappa shape index (κ2) is 4.97. The largest absolute Gasteiger partial charge is 0.302 e. The lowest BCUT2D eigenvalue weighted by Crippen LogP contribution is -2.29. The van der Waals surface area contributed by atoms with Crippen LogP contribution in [0.4, 0.5) is 15.8 Å². The Morgan fingerprint density at radius 1 is 1.24 bits per heavy atom. The molecule has 5 nitrogen and oxygen atoms in total. The molecule has 2 aromatic rings. The number of hydrogen-bond donors (Lipinski definition) is 0. The molecule has 0 aliphatic carbocycles. The van der Waals surface area contributed by atoms with Gasteiger partial charge in [0, 0.05) is 18.2 Å². The summed E-state index contributed by atoms with van der Waals surface area (Å²) in [5, 5.41) is 11.1. The van der Waals surface area contributed by atoms with Crippen LogP contribution >= 0.6 is 0 Å². The Bertz CT molecular complexity index is 745. The Morgan fingerprint density at radius 3 is 2.71 bits per heavy atom. The topological polar surface area (TPSA) is 63.5 Å². The summed E-state index contributed by atoms with van der Waals surface area (Å²) in [6.07, 6.45) is 0.554. The van der Waals surface area contributed by atoms with E-state index in [0.717, 1.165) is 11.6 Å². The Labute approximate surface area is 119 Å². The molecule has 0 N–H and O–H groups in total. The minimum absolute atomic E-state index is 0.102. The number of carbonyl (C=O) groups excluding carboxylic acids is 1. The molecule has 0 atom stereocenters. The van der Waals surface area contributed by atoms with Crippen LogP contribution < -0.4 is 4.90 Å². The van der Waals surface area contributed by atoms with Gasteiger partial charge in [0.1, 0.15) is 11.5 Å². The normalized spacial score (nSPS) is 13.1. The maximum absolute atomic E-state index is 13.2. The van der Waals surface area contributed by atoms with E-state index < -0.39 is 16.6 Å². The number of para-hydroxylation sites is 1. The van der Waals surface area contributed by atoms with Crippen molar-refractivity contribution < 1.29 is 14.1 Å². The third kappa shape index (κ3) is 2.24. The van der Waals surface area contributed by atoms with Crippen molar-refractivity contribution in [2.24, 2.45) is 0 Å². The van der Waals surface area contributed by atoms with Gasteiger partial charge < -0.3 is 4.90 Å². The first-order valence-corrected chi connectivity index (χ1v) is 6.41. The summed E-state index contributed by atoms with van der Waals surface area (Å²) in [5.74, 6) is -0.939. The number of benzene rings is 2. The minimum Gasteiger partial charge on any atom is -0.302 e. The Kier molecular flexibility index (Phi) is 3.13. The van der Waals surface area contributed by atoms with Gasteiger partial charge in [0.2, 0.25) is 0 Å². The quantitative estimate of drug-likeness (QED) is 0.630. The molecule has 106 valence electrons. The Balaban J connectivity index is 2.05. The molecule has 0 bridgehead atoms. The van der Waals surface area contributed by atoms with Gasteiger partial charge in [0.05, 0.1) is 4.92 Å². The third-order valence-electron chi connectivity index (χ3n) is 3.49.